The van der Waals surface area contributed by atoms with Gasteiger partial charge in [-0.3, -0.25) is 10.1 Å². The smallest absolute Gasteiger partial charge is 0.309 e. The zero-order chi connectivity index (χ0) is 14.5. The Labute approximate surface area is 122 Å². The number of hydrogen-bond acceptors (Lipinski definition) is 4. The van der Waals surface area contributed by atoms with Gasteiger partial charge in [-0.25, -0.2) is 0 Å². The summed E-state index contributed by atoms with van der Waals surface area (Å²) >= 11 is 1.23. The molecule has 20 heavy (non-hydrogen) atoms. The van der Waals surface area contributed by atoms with Gasteiger partial charge in [0.25, 0.3) is 0 Å². The molecule has 0 spiro atoms. The minimum absolute atomic E-state index is 0.202. The van der Waals surface area contributed by atoms with Gasteiger partial charge < -0.3 is 5.32 Å². The summed E-state index contributed by atoms with van der Waals surface area (Å²) in [5, 5.41) is 14.2. The minimum atomic E-state index is -0.342. The molecule has 1 atom stereocenters. The zero-order valence-corrected chi connectivity index (χ0v) is 12.4. The van der Waals surface area contributed by atoms with Crippen molar-refractivity contribution in [1.82, 2.24) is 5.32 Å². The second-order valence-corrected chi connectivity index (χ2v) is 6.06. The fourth-order valence-corrected chi connectivity index (χ4v) is 2.85. The molecule has 0 saturated heterocycles. The lowest BCUT2D eigenvalue weighted by molar-refractivity contribution is -0.380. The fraction of sp³-hybridized carbons (Fsp3) is 0.333. The maximum absolute atomic E-state index is 10.6. The number of aryl methyl sites for hydroxylation is 1. The van der Waals surface area contributed by atoms with Gasteiger partial charge in [0.2, 0.25) is 0 Å². The van der Waals surface area contributed by atoms with Gasteiger partial charge in [0.15, 0.2) is 0 Å². The molecule has 0 aliphatic carbocycles. The van der Waals surface area contributed by atoms with Crippen LogP contribution in [0.15, 0.2) is 36.4 Å². The van der Waals surface area contributed by atoms with E-state index in [9.17, 15) is 10.1 Å². The molecule has 1 N–H and O–H groups in total. The van der Waals surface area contributed by atoms with Crippen LogP contribution in [0.1, 0.15) is 22.9 Å². The van der Waals surface area contributed by atoms with Gasteiger partial charge in [-0.2, -0.15) is 0 Å². The van der Waals surface area contributed by atoms with Gasteiger partial charge in [-0.15, -0.1) is 0 Å². The van der Waals surface area contributed by atoms with Crippen LogP contribution in [0.4, 0.5) is 5.00 Å². The molecule has 4 nitrogen and oxygen atoms in total. The van der Waals surface area contributed by atoms with Crippen molar-refractivity contribution in [2.24, 2.45) is 0 Å². The predicted octanol–water partition coefficient (Wildman–Crippen LogP) is 3.69. The molecule has 1 aromatic carbocycles. The van der Waals surface area contributed by atoms with Crippen molar-refractivity contribution >= 4 is 16.3 Å². The van der Waals surface area contributed by atoms with Crippen molar-refractivity contribution in [1.29, 1.82) is 0 Å². The van der Waals surface area contributed by atoms with Gasteiger partial charge in [-0.1, -0.05) is 35.6 Å². The Morgan fingerprint density at radius 3 is 2.70 bits per heavy atom. The van der Waals surface area contributed by atoms with Crippen molar-refractivity contribution in [3.63, 3.8) is 0 Å². The first-order chi connectivity index (χ1) is 9.56. The standard InChI is InChI=1S/C15H18N2O2S/c1-11-5-3-4-6-13(11)9-12(2)16-10-14-7-8-15(20-14)17(18)19/h3-8,12,16H,9-10H2,1-2H3. The lowest BCUT2D eigenvalue weighted by Gasteiger charge is -2.14. The van der Waals surface area contributed by atoms with Crippen molar-refractivity contribution in [2.45, 2.75) is 32.9 Å². The number of rotatable bonds is 6. The Hall–Kier alpha value is -1.72. The third-order valence-electron chi connectivity index (χ3n) is 3.24. The van der Waals surface area contributed by atoms with Crippen LogP contribution in [-0.2, 0) is 13.0 Å². The Balaban J connectivity index is 1.87. The zero-order valence-electron chi connectivity index (χ0n) is 11.6. The van der Waals surface area contributed by atoms with Gasteiger partial charge in [0.1, 0.15) is 0 Å². The molecule has 0 saturated carbocycles. The molecule has 0 bridgehead atoms. The van der Waals surface area contributed by atoms with E-state index in [1.54, 1.807) is 6.07 Å². The second-order valence-electron chi connectivity index (χ2n) is 4.91. The Morgan fingerprint density at radius 1 is 1.30 bits per heavy atom. The normalized spacial score (nSPS) is 12.3. The summed E-state index contributed by atoms with van der Waals surface area (Å²) < 4.78 is 0. The molecule has 5 heteroatoms. The van der Waals surface area contributed by atoms with Gasteiger partial charge in [-0.05, 0) is 37.5 Å². The Bertz CT molecular complexity index is 595. The van der Waals surface area contributed by atoms with Crippen LogP contribution in [0.5, 0.6) is 0 Å². The molecule has 2 rings (SSSR count). The number of nitrogens with one attached hydrogen (secondary N) is 1. The predicted molar refractivity (Wildman–Crippen MR) is 82.2 cm³/mol. The van der Waals surface area contributed by atoms with E-state index < -0.39 is 0 Å². The highest BCUT2D eigenvalue weighted by Crippen LogP contribution is 2.23. The van der Waals surface area contributed by atoms with Crippen LogP contribution >= 0.6 is 11.3 Å². The highest BCUT2D eigenvalue weighted by Gasteiger charge is 2.10. The third-order valence-corrected chi connectivity index (χ3v) is 4.28. The van der Waals surface area contributed by atoms with Gasteiger partial charge in [0.05, 0.1) is 4.92 Å². The monoisotopic (exact) mass is 290 g/mol. The second kappa shape index (κ2) is 6.63. The highest BCUT2D eigenvalue weighted by molar-refractivity contribution is 7.15. The molecule has 1 heterocycles. The van der Waals surface area contributed by atoms with Crippen LogP contribution in [0.3, 0.4) is 0 Å². The largest absolute Gasteiger partial charge is 0.324 e. The van der Waals surface area contributed by atoms with E-state index in [2.05, 4.69) is 37.4 Å². The van der Waals surface area contributed by atoms with Gasteiger partial charge in [0, 0.05) is 23.5 Å². The molecule has 0 fully saturated rings. The van der Waals surface area contributed by atoms with Crippen LogP contribution in [0.25, 0.3) is 0 Å². The topological polar surface area (TPSA) is 55.2 Å². The first kappa shape index (κ1) is 14.7. The third kappa shape index (κ3) is 3.88. The van der Waals surface area contributed by atoms with Crippen LogP contribution in [-0.4, -0.2) is 11.0 Å². The summed E-state index contributed by atoms with van der Waals surface area (Å²) in [6.45, 7) is 4.92. The number of nitrogens with zero attached hydrogens (tertiary/aromatic N) is 1. The summed E-state index contributed by atoms with van der Waals surface area (Å²) in [5.74, 6) is 0. The number of nitro groups is 1. The van der Waals surface area contributed by atoms with E-state index in [0.29, 0.717) is 12.6 Å². The summed E-state index contributed by atoms with van der Waals surface area (Å²) in [4.78, 5) is 11.3. The molecule has 106 valence electrons. The average molecular weight is 290 g/mol. The van der Waals surface area contributed by atoms with E-state index in [1.165, 1.54) is 22.5 Å². The molecule has 0 aliphatic rings. The number of benzene rings is 1. The molecule has 1 aromatic heterocycles. The van der Waals surface area contributed by atoms with Crippen LogP contribution in [0, 0.1) is 17.0 Å². The van der Waals surface area contributed by atoms with Crippen LogP contribution in [0.2, 0.25) is 0 Å². The van der Waals surface area contributed by atoms with Crippen molar-refractivity contribution in [2.75, 3.05) is 0 Å². The van der Waals surface area contributed by atoms with Crippen molar-refractivity contribution < 1.29 is 4.92 Å². The summed E-state index contributed by atoms with van der Waals surface area (Å²) in [7, 11) is 0. The molecular formula is C15H18N2O2S. The van der Waals surface area contributed by atoms with Crippen LogP contribution < -0.4 is 5.32 Å². The summed E-state index contributed by atoms with van der Waals surface area (Å²) in [6, 6.07) is 12.1. The SMILES string of the molecule is Cc1ccccc1CC(C)NCc1ccc([N+](=O)[O-])s1. The Kier molecular flexibility index (Phi) is 4.87. The van der Waals surface area contributed by atoms with E-state index in [0.717, 1.165) is 11.3 Å². The first-order valence-corrected chi connectivity index (χ1v) is 7.39. The average Bonchev–Trinajstić information content (AvgIpc) is 2.88. The van der Waals surface area contributed by atoms with E-state index in [4.69, 9.17) is 0 Å². The lowest BCUT2D eigenvalue weighted by atomic mass is 10.0. The molecular weight excluding hydrogens is 272 g/mol. The lowest BCUT2D eigenvalue weighted by Crippen LogP contribution is -2.27. The minimum Gasteiger partial charge on any atom is -0.309 e. The number of thiophene rings is 1. The molecule has 2 aromatic rings. The Morgan fingerprint density at radius 2 is 2.05 bits per heavy atom. The molecule has 0 amide bonds. The van der Waals surface area contributed by atoms with E-state index in [-0.39, 0.29) is 9.92 Å². The summed E-state index contributed by atoms with van der Waals surface area (Å²) in [6.07, 6.45) is 0.958. The molecule has 0 aliphatic heterocycles. The summed E-state index contributed by atoms with van der Waals surface area (Å²) in [5.41, 5.74) is 2.64. The highest BCUT2D eigenvalue weighted by atomic mass is 32.1. The maximum Gasteiger partial charge on any atom is 0.324 e. The van der Waals surface area contributed by atoms with E-state index in [1.807, 2.05) is 12.1 Å². The first-order valence-electron chi connectivity index (χ1n) is 6.57. The fourth-order valence-electron chi connectivity index (χ4n) is 2.08. The molecule has 0 radical (unpaired) electrons. The van der Waals surface area contributed by atoms with E-state index >= 15 is 0 Å². The molecule has 1 unspecified atom stereocenters. The van der Waals surface area contributed by atoms with Gasteiger partial charge >= 0.3 is 5.00 Å². The number of hydrogen-bond donors (Lipinski definition) is 1. The quantitative estimate of drug-likeness (QED) is 0.652. The van der Waals surface area contributed by atoms with Crippen molar-refractivity contribution in [3.05, 3.63) is 62.5 Å². The van der Waals surface area contributed by atoms with Crippen molar-refractivity contribution in [3.8, 4) is 0 Å². The maximum atomic E-state index is 10.6.